The number of rotatable bonds is 8. The van der Waals surface area contributed by atoms with Gasteiger partial charge in [-0.2, -0.15) is 0 Å². The van der Waals surface area contributed by atoms with Crippen LogP contribution in [0.15, 0.2) is 36.5 Å². The molecule has 0 amide bonds. The molecule has 6 heteroatoms. The van der Waals surface area contributed by atoms with Crippen molar-refractivity contribution in [2.24, 2.45) is 0 Å². The van der Waals surface area contributed by atoms with Crippen molar-refractivity contribution in [1.29, 1.82) is 0 Å². The van der Waals surface area contributed by atoms with Gasteiger partial charge in [-0.25, -0.2) is 4.79 Å². The van der Waals surface area contributed by atoms with E-state index in [2.05, 4.69) is 12.1 Å². The SMILES string of the molecule is C=C(NOCCCOc1ccc(Cl)cc1)C(=O)O. The first-order valence-corrected chi connectivity index (χ1v) is 5.66. The Morgan fingerprint density at radius 1 is 1.33 bits per heavy atom. The van der Waals surface area contributed by atoms with Gasteiger partial charge in [-0.05, 0) is 24.3 Å². The summed E-state index contributed by atoms with van der Waals surface area (Å²) in [6, 6.07) is 7.03. The van der Waals surface area contributed by atoms with Crippen molar-refractivity contribution in [3.8, 4) is 5.75 Å². The predicted molar refractivity (Wildman–Crippen MR) is 67.4 cm³/mol. The second-order valence-corrected chi connectivity index (χ2v) is 3.83. The van der Waals surface area contributed by atoms with E-state index in [4.69, 9.17) is 26.3 Å². The Balaban J connectivity index is 2.07. The summed E-state index contributed by atoms with van der Waals surface area (Å²) in [5.74, 6) is -0.422. The maximum absolute atomic E-state index is 10.4. The number of nitrogens with one attached hydrogen (secondary N) is 1. The molecule has 0 aliphatic rings. The highest BCUT2D eigenvalue weighted by atomic mass is 35.5. The fourth-order valence-corrected chi connectivity index (χ4v) is 1.16. The summed E-state index contributed by atoms with van der Waals surface area (Å²) in [4.78, 5) is 15.2. The van der Waals surface area contributed by atoms with Gasteiger partial charge < -0.3 is 9.84 Å². The highest BCUT2D eigenvalue weighted by molar-refractivity contribution is 6.30. The van der Waals surface area contributed by atoms with Gasteiger partial charge in [0.15, 0.2) is 0 Å². The van der Waals surface area contributed by atoms with E-state index < -0.39 is 5.97 Å². The number of halogens is 1. The third kappa shape index (κ3) is 5.56. The van der Waals surface area contributed by atoms with Crippen LogP contribution in [0, 0.1) is 0 Å². The number of carboxylic acids is 1. The predicted octanol–water partition coefficient (Wildman–Crippen LogP) is 2.23. The monoisotopic (exact) mass is 271 g/mol. The van der Waals surface area contributed by atoms with Crippen molar-refractivity contribution in [2.75, 3.05) is 13.2 Å². The summed E-state index contributed by atoms with van der Waals surface area (Å²) in [7, 11) is 0. The van der Waals surface area contributed by atoms with E-state index in [1.54, 1.807) is 24.3 Å². The maximum Gasteiger partial charge on any atom is 0.353 e. The molecule has 0 aromatic heterocycles. The maximum atomic E-state index is 10.4. The highest BCUT2D eigenvalue weighted by Gasteiger charge is 2.01. The number of hydroxylamine groups is 1. The van der Waals surface area contributed by atoms with E-state index in [9.17, 15) is 4.79 Å². The molecule has 0 bridgehead atoms. The lowest BCUT2D eigenvalue weighted by Gasteiger charge is -2.07. The molecule has 0 saturated heterocycles. The summed E-state index contributed by atoms with van der Waals surface area (Å²) in [5.41, 5.74) is 2.02. The molecular formula is C12H14ClNO4. The van der Waals surface area contributed by atoms with Crippen molar-refractivity contribution >= 4 is 17.6 Å². The molecule has 2 N–H and O–H groups in total. The standard InChI is InChI=1S/C12H14ClNO4/c1-9(12(15)16)14-18-8-2-7-17-11-5-3-10(13)4-6-11/h3-6,14H,1-2,7-8H2,(H,15,16). The molecule has 1 aromatic rings. The van der Waals surface area contributed by atoms with E-state index in [1.165, 1.54) is 0 Å². The number of benzene rings is 1. The molecule has 5 nitrogen and oxygen atoms in total. The Labute approximate surface area is 110 Å². The number of carboxylic acid groups (broad SMARTS) is 1. The zero-order valence-corrected chi connectivity index (χ0v) is 10.4. The average molecular weight is 272 g/mol. The third-order valence-corrected chi connectivity index (χ3v) is 2.18. The van der Waals surface area contributed by atoms with Crippen LogP contribution < -0.4 is 10.2 Å². The molecule has 0 fully saturated rings. The minimum absolute atomic E-state index is 0.200. The van der Waals surface area contributed by atoms with E-state index >= 15 is 0 Å². The van der Waals surface area contributed by atoms with Crippen LogP contribution in [0.2, 0.25) is 5.02 Å². The molecule has 0 aliphatic heterocycles. The fourth-order valence-electron chi connectivity index (χ4n) is 1.03. The van der Waals surface area contributed by atoms with Gasteiger partial charge in [0.1, 0.15) is 11.4 Å². The van der Waals surface area contributed by atoms with E-state index in [0.29, 0.717) is 24.7 Å². The third-order valence-electron chi connectivity index (χ3n) is 1.93. The minimum Gasteiger partial charge on any atom is -0.494 e. The van der Waals surface area contributed by atoms with Crippen molar-refractivity contribution in [3.05, 3.63) is 41.6 Å². The topological polar surface area (TPSA) is 67.8 Å². The van der Waals surface area contributed by atoms with Crippen LogP contribution in [-0.4, -0.2) is 24.3 Å². The van der Waals surface area contributed by atoms with Crippen LogP contribution in [0.5, 0.6) is 5.75 Å². The van der Waals surface area contributed by atoms with Crippen LogP contribution in [0.3, 0.4) is 0 Å². The molecular weight excluding hydrogens is 258 g/mol. The van der Waals surface area contributed by atoms with Gasteiger partial charge in [-0.1, -0.05) is 18.2 Å². The molecule has 18 heavy (non-hydrogen) atoms. The van der Waals surface area contributed by atoms with E-state index in [0.717, 1.165) is 5.75 Å². The Bertz CT molecular complexity index is 405. The average Bonchev–Trinajstić information content (AvgIpc) is 2.35. The Morgan fingerprint density at radius 3 is 2.61 bits per heavy atom. The first kappa shape index (κ1) is 14.3. The van der Waals surface area contributed by atoms with Gasteiger partial charge in [-0.15, -0.1) is 0 Å². The van der Waals surface area contributed by atoms with Crippen LogP contribution in [-0.2, 0) is 9.63 Å². The van der Waals surface area contributed by atoms with E-state index in [1.807, 2.05) is 0 Å². The van der Waals surface area contributed by atoms with Crippen LogP contribution in [0.25, 0.3) is 0 Å². The number of hydrogen-bond acceptors (Lipinski definition) is 4. The van der Waals surface area contributed by atoms with Gasteiger partial charge in [-0.3, -0.25) is 10.3 Å². The van der Waals surface area contributed by atoms with E-state index in [-0.39, 0.29) is 5.70 Å². The molecule has 0 saturated carbocycles. The Hall–Kier alpha value is -1.72. The first-order valence-electron chi connectivity index (χ1n) is 5.28. The Kier molecular flexibility index (Phi) is 6.04. The molecule has 0 heterocycles. The summed E-state index contributed by atoms with van der Waals surface area (Å²) in [5, 5.41) is 9.13. The lowest BCUT2D eigenvalue weighted by molar-refractivity contribution is -0.134. The molecule has 98 valence electrons. The van der Waals surface area contributed by atoms with Gasteiger partial charge in [0.2, 0.25) is 0 Å². The minimum atomic E-state index is -1.15. The van der Waals surface area contributed by atoms with Crippen molar-refractivity contribution in [1.82, 2.24) is 5.48 Å². The molecule has 0 radical (unpaired) electrons. The van der Waals surface area contributed by atoms with Gasteiger partial charge in [0.05, 0.1) is 13.2 Å². The van der Waals surface area contributed by atoms with Gasteiger partial charge in [0.25, 0.3) is 0 Å². The number of carbonyl (C=O) groups is 1. The number of aliphatic carboxylic acids is 1. The normalized spacial score (nSPS) is 9.83. The van der Waals surface area contributed by atoms with Crippen LogP contribution in [0.4, 0.5) is 0 Å². The second-order valence-electron chi connectivity index (χ2n) is 3.39. The Morgan fingerprint density at radius 2 is 2.00 bits per heavy atom. The molecule has 0 unspecified atom stereocenters. The molecule has 0 aliphatic carbocycles. The highest BCUT2D eigenvalue weighted by Crippen LogP contribution is 2.15. The molecule has 1 rings (SSSR count). The lowest BCUT2D eigenvalue weighted by atomic mass is 10.3. The van der Waals surface area contributed by atoms with Crippen molar-refractivity contribution in [2.45, 2.75) is 6.42 Å². The molecule has 0 spiro atoms. The molecule has 1 aromatic carbocycles. The van der Waals surface area contributed by atoms with Crippen LogP contribution in [0.1, 0.15) is 6.42 Å². The van der Waals surface area contributed by atoms with Crippen molar-refractivity contribution < 1.29 is 19.5 Å². The zero-order chi connectivity index (χ0) is 13.4. The second kappa shape index (κ2) is 7.58. The van der Waals surface area contributed by atoms with Crippen LogP contribution >= 0.6 is 11.6 Å². The lowest BCUT2D eigenvalue weighted by Crippen LogP contribution is -2.20. The fraction of sp³-hybridized carbons (Fsp3) is 0.250. The largest absolute Gasteiger partial charge is 0.494 e. The summed E-state index contributed by atoms with van der Waals surface area (Å²) >= 11 is 5.73. The van der Waals surface area contributed by atoms with Crippen molar-refractivity contribution in [3.63, 3.8) is 0 Å². The molecule has 0 atom stereocenters. The summed E-state index contributed by atoms with van der Waals surface area (Å²) in [6.07, 6.45) is 0.614. The van der Waals surface area contributed by atoms with Gasteiger partial charge >= 0.3 is 5.97 Å². The quantitative estimate of drug-likeness (QED) is 0.431. The smallest absolute Gasteiger partial charge is 0.353 e. The number of hydrogen-bond donors (Lipinski definition) is 2. The summed E-state index contributed by atoms with van der Waals surface area (Å²) in [6.45, 7) is 4.03. The number of ether oxygens (including phenoxy) is 1. The summed E-state index contributed by atoms with van der Waals surface area (Å²) < 4.78 is 5.41. The zero-order valence-electron chi connectivity index (χ0n) is 9.69. The first-order chi connectivity index (χ1) is 8.59. The van der Waals surface area contributed by atoms with Gasteiger partial charge in [0, 0.05) is 11.4 Å².